The van der Waals surface area contributed by atoms with E-state index in [1.54, 1.807) is 7.11 Å². The average Bonchev–Trinajstić information content (AvgIpc) is 2.65. The van der Waals surface area contributed by atoms with E-state index in [9.17, 15) is 0 Å². The molecule has 1 rings (SSSR count). The zero-order chi connectivity index (χ0) is 10.6. The summed E-state index contributed by atoms with van der Waals surface area (Å²) in [5, 5.41) is 7.64. The van der Waals surface area contributed by atoms with E-state index in [2.05, 4.69) is 10.2 Å². The summed E-state index contributed by atoms with van der Waals surface area (Å²) in [6, 6.07) is 0.654. The van der Waals surface area contributed by atoms with Crippen LogP contribution in [0.2, 0.25) is 0 Å². The lowest BCUT2D eigenvalue weighted by molar-refractivity contribution is 0.181. The molecule has 0 aromatic carbocycles. The van der Waals surface area contributed by atoms with Gasteiger partial charge in [-0.3, -0.25) is 0 Å². The van der Waals surface area contributed by atoms with Gasteiger partial charge in [-0.25, -0.2) is 0 Å². The monoisotopic (exact) mass is 200 g/mol. The van der Waals surface area contributed by atoms with Crippen LogP contribution in [0.4, 0.5) is 6.01 Å². The second-order valence-corrected chi connectivity index (χ2v) is 3.10. The topological polar surface area (TPSA) is 77.4 Å². The highest BCUT2D eigenvalue weighted by Crippen LogP contribution is 2.12. The summed E-state index contributed by atoms with van der Waals surface area (Å²) in [7, 11) is 3.53. The Labute approximate surface area is 83.0 Å². The second-order valence-electron chi connectivity index (χ2n) is 3.10. The van der Waals surface area contributed by atoms with Gasteiger partial charge in [-0.15, -0.1) is 5.10 Å². The molecule has 1 aromatic rings. The summed E-state index contributed by atoms with van der Waals surface area (Å²) in [5.74, 6) is 0.441. The molecule has 0 fully saturated rings. The van der Waals surface area contributed by atoms with Gasteiger partial charge in [0.25, 0.3) is 0 Å². The minimum atomic E-state index is 0.186. The van der Waals surface area contributed by atoms with Gasteiger partial charge in [0.2, 0.25) is 5.89 Å². The molecular weight excluding hydrogens is 184 g/mol. The number of hydrogen-bond acceptors (Lipinski definition) is 6. The number of likely N-dealkylation sites (N-methyl/N-ethyl adjacent to an activating group) is 1. The predicted octanol–water partition coefficient (Wildman–Crippen LogP) is -0.000600. The van der Waals surface area contributed by atoms with E-state index in [0.717, 1.165) is 0 Å². The van der Waals surface area contributed by atoms with Gasteiger partial charge in [0.15, 0.2) is 0 Å². The third-order valence-corrected chi connectivity index (χ3v) is 2.00. The van der Waals surface area contributed by atoms with Crippen molar-refractivity contribution in [3.63, 3.8) is 0 Å². The van der Waals surface area contributed by atoms with Gasteiger partial charge in [-0.1, -0.05) is 5.10 Å². The molecule has 0 radical (unpaired) electrons. The van der Waals surface area contributed by atoms with Crippen molar-refractivity contribution in [1.82, 2.24) is 10.2 Å². The quantitative estimate of drug-likeness (QED) is 0.720. The number of ether oxygens (including phenoxy) is 1. The van der Waals surface area contributed by atoms with Gasteiger partial charge in [0, 0.05) is 14.2 Å². The van der Waals surface area contributed by atoms with E-state index >= 15 is 0 Å². The van der Waals surface area contributed by atoms with Crippen molar-refractivity contribution in [2.45, 2.75) is 19.5 Å². The van der Waals surface area contributed by atoms with Gasteiger partial charge >= 0.3 is 6.01 Å². The van der Waals surface area contributed by atoms with E-state index in [4.69, 9.17) is 14.9 Å². The first kappa shape index (κ1) is 10.9. The molecule has 6 nitrogen and oxygen atoms in total. The second kappa shape index (κ2) is 4.92. The van der Waals surface area contributed by atoms with Crippen LogP contribution in [-0.4, -0.2) is 37.0 Å². The molecule has 0 aliphatic carbocycles. The number of hydrogen-bond donors (Lipinski definition) is 1. The molecule has 14 heavy (non-hydrogen) atoms. The van der Waals surface area contributed by atoms with Gasteiger partial charge in [-0.2, -0.15) is 0 Å². The van der Waals surface area contributed by atoms with Crippen LogP contribution in [0.3, 0.4) is 0 Å². The Morgan fingerprint density at radius 3 is 2.79 bits per heavy atom. The molecule has 0 aliphatic heterocycles. The Balaban J connectivity index is 2.63. The van der Waals surface area contributed by atoms with E-state index in [1.807, 2.05) is 18.9 Å². The fourth-order valence-electron chi connectivity index (χ4n) is 1.01. The van der Waals surface area contributed by atoms with Crippen LogP contribution in [0, 0.1) is 0 Å². The largest absolute Gasteiger partial charge is 0.407 e. The first-order valence-corrected chi connectivity index (χ1v) is 4.43. The number of rotatable bonds is 5. The van der Waals surface area contributed by atoms with E-state index in [0.29, 0.717) is 18.5 Å². The number of anilines is 1. The molecule has 6 heteroatoms. The van der Waals surface area contributed by atoms with Crippen molar-refractivity contribution < 1.29 is 9.15 Å². The van der Waals surface area contributed by atoms with Crippen molar-refractivity contribution >= 4 is 6.01 Å². The molecule has 0 bridgehead atoms. The number of nitrogens with zero attached hydrogens (tertiary/aromatic N) is 3. The van der Waals surface area contributed by atoms with Crippen molar-refractivity contribution in [3.05, 3.63) is 5.89 Å². The lowest BCUT2D eigenvalue weighted by Crippen LogP contribution is -2.32. The van der Waals surface area contributed by atoms with E-state index in [-0.39, 0.29) is 12.6 Å². The van der Waals surface area contributed by atoms with Crippen LogP contribution >= 0.6 is 0 Å². The lowest BCUT2D eigenvalue weighted by Gasteiger charge is -2.21. The third kappa shape index (κ3) is 2.43. The molecule has 1 heterocycles. The minimum Gasteiger partial charge on any atom is -0.407 e. The maximum Gasteiger partial charge on any atom is 0.318 e. The highest BCUT2D eigenvalue weighted by molar-refractivity contribution is 5.23. The molecule has 80 valence electrons. The minimum absolute atomic E-state index is 0.186. The molecule has 0 aliphatic rings. The highest BCUT2D eigenvalue weighted by atomic mass is 16.5. The van der Waals surface area contributed by atoms with Gasteiger partial charge in [0.1, 0.15) is 0 Å². The SMILES string of the molecule is COCC(C)N(C)c1nnc(CN)o1. The van der Waals surface area contributed by atoms with Gasteiger partial charge in [0.05, 0.1) is 19.2 Å². The number of nitrogens with two attached hydrogens (primary N) is 1. The van der Waals surface area contributed by atoms with E-state index < -0.39 is 0 Å². The average molecular weight is 200 g/mol. The highest BCUT2D eigenvalue weighted by Gasteiger charge is 2.15. The molecule has 2 N–H and O–H groups in total. The molecule has 1 unspecified atom stereocenters. The smallest absolute Gasteiger partial charge is 0.318 e. The lowest BCUT2D eigenvalue weighted by atomic mass is 10.3. The Morgan fingerprint density at radius 2 is 2.29 bits per heavy atom. The summed E-state index contributed by atoms with van der Waals surface area (Å²) >= 11 is 0. The summed E-state index contributed by atoms with van der Waals surface area (Å²) in [5.41, 5.74) is 5.36. The molecule has 1 aromatic heterocycles. The van der Waals surface area contributed by atoms with Crippen LogP contribution in [0.25, 0.3) is 0 Å². The Bertz CT molecular complexity index is 276. The number of methoxy groups -OCH3 is 1. The molecule has 0 saturated heterocycles. The molecular formula is C8H16N4O2. The van der Waals surface area contributed by atoms with Gasteiger partial charge in [-0.05, 0) is 6.92 Å². The number of aromatic nitrogens is 2. The fraction of sp³-hybridized carbons (Fsp3) is 0.750. The summed E-state index contributed by atoms with van der Waals surface area (Å²) in [6.45, 7) is 2.88. The maximum atomic E-state index is 5.36. The van der Waals surface area contributed by atoms with Crippen molar-refractivity contribution in [2.24, 2.45) is 5.73 Å². The summed E-state index contributed by atoms with van der Waals surface area (Å²) in [4.78, 5) is 1.86. The molecule has 0 spiro atoms. The normalized spacial score (nSPS) is 12.9. The Hall–Kier alpha value is -1.14. The first-order valence-electron chi connectivity index (χ1n) is 4.43. The summed E-state index contributed by atoms with van der Waals surface area (Å²) < 4.78 is 10.3. The van der Waals surface area contributed by atoms with Crippen molar-refractivity contribution in [2.75, 3.05) is 25.7 Å². The van der Waals surface area contributed by atoms with Crippen molar-refractivity contribution in [3.8, 4) is 0 Å². The van der Waals surface area contributed by atoms with Crippen LogP contribution in [-0.2, 0) is 11.3 Å². The Kier molecular flexibility index (Phi) is 3.84. The van der Waals surface area contributed by atoms with Crippen LogP contribution in [0.1, 0.15) is 12.8 Å². The van der Waals surface area contributed by atoms with Crippen molar-refractivity contribution in [1.29, 1.82) is 0 Å². The van der Waals surface area contributed by atoms with E-state index in [1.165, 1.54) is 0 Å². The molecule has 1 atom stereocenters. The zero-order valence-corrected chi connectivity index (χ0v) is 8.73. The predicted molar refractivity (Wildman–Crippen MR) is 51.9 cm³/mol. The standard InChI is InChI=1S/C8H16N4O2/c1-6(5-13-3)12(2)8-11-10-7(4-9)14-8/h6H,4-5,9H2,1-3H3. The van der Waals surface area contributed by atoms with Crippen LogP contribution < -0.4 is 10.6 Å². The van der Waals surface area contributed by atoms with Crippen LogP contribution in [0.15, 0.2) is 4.42 Å². The maximum absolute atomic E-state index is 5.36. The Morgan fingerprint density at radius 1 is 1.57 bits per heavy atom. The third-order valence-electron chi connectivity index (χ3n) is 2.00. The fourth-order valence-corrected chi connectivity index (χ4v) is 1.01. The van der Waals surface area contributed by atoms with Gasteiger partial charge < -0.3 is 19.8 Å². The summed E-state index contributed by atoms with van der Waals surface area (Å²) in [6.07, 6.45) is 0. The first-order chi connectivity index (χ1) is 6.69. The van der Waals surface area contributed by atoms with Crippen LogP contribution in [0.5, 0.6) is 0 Å². The molecule has 0 saturated carbocycles. The molecule has 0 amide bonds. The zero-order valence-electron chi connectivity index (χ0n) is 8.73.